The van der Waals surface area contributed by atoms with Crippen molar-refractivity contribution in [3.8, 4) is 0 Å². The largest absolute Gasteiger partial charge is 0.478 e. The molecule has 2 unspecified atom stereocenters. The van der Waals surface area contributed by atoms with Crippen molar-refractivity contribution in [1.82, 2.24) is 0 Å². The Morgan fingerprint density at radius 1 is 1.29 bits per heavy atom. The highest BCUT2D eigenvalue weighted by molar-refractivity contribution is 7.47. The average molecular weight is 274 g/mol. The minimum atomic E-state index is -4.14. The van der Waals surface area contributed by atoms with E-state index in [1.807, 2.05) is 0 Å². The first-order valence-corrected chi connectivity index (χ1v) is 6.45. The van der Waals surface area contributed by atoms with Gasteiger partial charge in [0.2, 0.25) is 0 Å². The quantitative estimate of drug-likeness (QED) is 0.217. The maximum Gasteiger partial charge on any atom is 0.478 e. The predicted octanol–water partition coefficient (Wildman–Crippen LogP) is -0.889. The Balaban J connectivity index is 3.75. The van der Waals surface area contributed by atoms with E-state index in [0.717, 1.165) is 0 Å². The minimum absolute atomic E-state index is 0.00699. The van der Waals surface area contributed by atoms with Crippen LogP contribution in [0, 0.1) is 0 Å². The zero-order valence-corrected chi connectivity index (χ0v) is 11.2. The molecule has 0 spiro atoms. The van der Waals surface area contributed by atoms with Crippen LogP contribution < -0.4 is 0 Å². The van der Waals surface area contributed by atoms with Gasteiger partial charge in [0.1, 0.15) is 6.10 Å². The van der Waals surface area contributed by atoms with Crippen molar-refractivity contribution in [1.29, 1.82) is 0 Å². The molecule has 0 aromatic carbocycles. The lowest BCUT2D eigenvalue weighted by Gasteiger charge is -2.24. The van der Waals surface area contributed by atoms with Crippen LogP contribution in [0.3, 0.4) is 0 Å². The van der Waals surface area contributed by atoms with Gasteiger partial charge in [-0.1, -0.05) is 0 Å². The summed E-state index contributed by atoms with van der Waals surface area (Å²) in [5.41, 5.74) is 0. The fourth-order valence-electron chi connectivity index (χ4n) is 0.624. The number of aliphatic hydroxyl groups excluding tert-OH is 2. The summed E-state index contributed by atoms with van der Waals surface area (Å²) in [5, 5.41) is 17.4. The normalized spacial score (nSPS) is 17.8. The van der Waals surface area contributed by atoms with E-state index in [4.69, 9.17) is 19.5 Å². The average Bonchev–Trinajstić information content (AvgIpc) is 2.20. The zero-order valence-electron chi connectivity index (χ0n) is 10.3. The standard InChI is InChI=1S/C8H20NO7P/c1-9(2,3)6-15-17(12,13)16-7-14-5-8(11)4-10/h8,10-11H,4-7H2,1-3H3/p+1. The highest BCUT2D eigenvalue weighted by atomic mass is 31.2. The summed E-state index contributed by atoms with van der Waals surface area (Å²) < 4.78 is 25.5. The summed E-state index contributed by atoms with van der Waals surface area (Å²) in [6.45, 7) is -1.13. The van der Waals surface area contributed by atoms with Gasteiger partial charge < -0.3 is 24.3 Å². The first kappa shape index (κ1) is 16.9. The molecule has 0 heterocycles. The molecule has 8 nitrogen and oxygen atoms in total. The molecular formula is C8H21NO7P+. The molecule has 9 heteroatoms. The summed E-state index contributed by atoms with van der Waals surface area (Å²) in [5.74, 6) is 0. The highest BCUT2D eigenvalue weighted by Gasteiger charge is 2.24. The summed E-state index contributed by atoms with van der Waals surface area (Å²) in [6, 6.07) is 0. The Morgan fingerprint density at radius 3 is 2.35 bits per heavy atom. The number of phosphoric ester groups is 1. The minimum Gasteiger partial charge on any atom is -0.394 e. The van der Waals surface area contributed by atoms with Gasteiger partial charge >= 0.3 is 7.82 Å². The summed E-state index contributed by atoms with van der Waals surface area (Å²) in [7, 11) is 1.22. The highest BCUT2D eigenvalue weighted by Crippen LogP contribution is 2.43. The maximum atomic E-state index is 11.3. The molecule has 0 saturated heterocycles. The first-order chi connectivity index (χ1) is 7.66. The molecule has 0 fully saturated rings. The van der Waals surface area contributed by atoms with Crippen LogP contribution in [-0.2, 0) is 18.3 Å². The number of hydrogen-bond acceptors (Lipinski definition) is 6. The molecule has 104 valence electrons. The van der Waals surface area contributed by atoms with Gasteiger partial charge in [0.05, 0.1) is 34.4 Å². The van der Waals surface area contributed by atoms with Crippen LogP contribution in [0.25, 0.3) is 0 Å². The molecule has 0 radical (unpaired) electrons. The van der Waals surface area contributed by atoms with E-state index in [1.54, 1.807) is 21.1 Å². The lowest BCUT2D eigenvalue weighted by Crippen LogP contribution is -2.36. The van der Waals surface area contributed by atoms with Crippen molar-refractivity contribution in [2.24, 2.45) is 0 Å². The van der Waals surface area contributed by atoms with Crippen molar-refractivity contribution in [3.63, 3.8) is 0 Å². The van der Waals surface area contributed by atoms with Gasteiger partial charge in [0, 0.05) is 0 Å². The SMILES string of the molecule is C[N+](C)(C)COP(=O)(O)OCOCC(O)CO. The van der Waals surface area contributed by atoms with Crippen molar-refractivity contribution in [2.45, 2.75) is 6.10 Å². The van der Waals surface area contributed by atoms with E-state index in [-0.39, 0.29) is 13.3 Å². The van der Waals surface area contributed by atoms with E-state index in [0.29, 0.717) is 4.48 Å². The van der Waals surface area contributed by atoms with E-state index in [1.165, 1.54) is 0 Å². The third-order valence-corrected chi connectivity index (χ3v) is 2.30. The third kappa shape index (κ3) is 10.8. The van der Waals surface area contributed by atoms with E-state index < -0.39 is 27.3 Å². The Hall–Kier alpha value is -0.0500. The Morgan fingerprint density at radius 2 is 1.88 bits per heavy atom. The molecule has 0 bridgehead atoms. The van der Waals surface area contributed by atoms with Crippen LogP contribution in [0.5, 0.6) is 0 Å². The predicted molar refractivity (Wildman–Crippen MR) is 58.8 cm³/mol. The molecule has 0 aromatic heterocycles. The van der Waals surface area contributed by atoms with E-state index in [9.17, 15) is 9.46 Å². The second-order valence-corrected chi connectivity index (χ2v) is 5.92. The topological polar surface area (TPSA) is 105 Å². The fraction of sp³-hybridized carbons (Fsp3) is 1.00. The van der Waals surface area contributed by atoms with Crippen LogP contribution in [0.15, 0.2) is 0 Å². The number of nitrogens with zero attached hydrogens (tertiary/aromatic N) is 1. The first-order valence-electron chi connectivity index (χ1n) is 4.95. The van der Waals surface area contributed by atoms with Crippen LogP contribution in [0.2, 0.25) is 0 Å². The van der Waals surface area contributed by atoms with Crippen LogP contribution >= 0.6 is 7.82 Å². The Kier molecular flexibility index (Phi) is 7.38. The van der Waals surface area contributed by atoms with Crippen molar-refractivity contribution < 1.29 is 37.9 Å². The number of phosphoric acid groups is 1. The third-order valence-electron chi connectivity index (χ3n) is 1.43. The molecule has 3 N–H and O–H groups in total. The number of quaternary nitrogens is 1. The van der Waals surface area contributed by atoms with Crippen molar-refractivity contribution in [3.05, 3.63) is 0 Å². The molecule has 17 heavy (non-hydrogen) atoms. The summed E-state index contributed by atoms with van der Waals surface area (Å²) >= 11 is 0. The van der Waals surface area contributed by atoms with Crippen LogP contribution in [-0.4, -0.2) is 73.6 Å². The van der Waals surface area contributed by atoms with Gasteiger partial charge in [0.15, 0.2) is 13.5 Å². The summed E-state index contributed by atoms with van der Waals surface area (Å²) in [6.07, 6.45) is -1.04. The van der Waals surface area contributed by atoms with Gasteiger partial charge in [-0.3, -0.25) is 4.52 Å². The summed E-state index contributed by atoms with van der Waals surface area (Å²) in [4.78, 5) is 9.21. The molecule has 0 aliphatic heterocycles. The fourth-order valence-corrected chi connectivity index (χ4v) is 1.40. The zero-order chi connectivity index (χ0) is 13.5. The number of aliphatic hydroxyl groups is 2. The Bertz CT molecular complexity index is 255. The van der Waals surface area contributed by atoms with Crippen molar-refractivity contribution >= 4 is 7.82 Å². The lowest BCUT2D eigenvalue weighted by molar-refractivity contribution is -0.887. The maximum absolute atomic E-state index is 11.3. The Labute approximate surface area is 101 Å². The smallest absolute Gasteiger partial charge is 0.394 e. The van der Waals surface area contributed by atoms with Crippen LogP contribution in [0.1, 0.15) is 0 Å². The molecule has 0 aliphatic rings. The van der Waals surface area contributed by atoms with Crippen LogP contribution in [0.4, 0.5) is 0 Å². The van der Waals surface area contributed by atoms with Gasteiger partial charge in [0.25, 0.3) is 0 Å². The lowest BCUT2D eigenvalue weighted by atomic mass is 10.4. The molecule has 0 aliphatic carbocycles. The molecule has 0 rings (SSSR count). The molecule has 0 saturated carbocycles. The second-order valence-electron chi connectivity index (χ2n) is 4.47. The molecule has 0 amide bonds. The molecular weight excluding hydrogens is 253 g/mol. The monoisotopic (exact) mass is 274 g/mol. The van der Waals surface area contributed by atoms with Gasteiger partial charge in [-0.15, -0.1) is 0 Å². The molecule has 2 atom stereocenters. The number of hydrogen-bond donors (Lipinski definition) is 3. The van der Waals surface area contributed by atoms with E-state index in [2.05, 4.69) is 4.52 Å². The van der Waals surface area contributed by atoms with Gasteiger partial charge in [-0.05, 0) is 0 Å². The second kappa shape index (κ2) is 7.40. The van der Waals surface area contributed by atoms with E-state index >= 15 is 0 Å². The van der Waals surface area contributed by atoms with Crippen molar-refractivity contribution in [2.75, 3.05) is 47.9 Å². The van der Waals surface area contributed by atoms with Gasteiger partial charge in [-0.25, -0.2) is 9.09 Å². The number of rotatable bonds is 9. The molecule has 0 aromatic rings. The number of ether oxygens (including phenoxy) is 1. The van der Waals surface area contributed by atoms with Gasteiger partial charge in [-0.2, -0.15) is 0 Å².